The van der Waals surface area contributed by atoms with Crippen molar-refractivity contribution in [3.05, 3.63) is 30.2 Å². The van der Waals surface area contributed by atoms with Gasteiger partial charge >= 0.3 is 0 Å². The third kappa shape index (κ3) is 4.64. The van der Waals surface area contributed by atoms with Gasteiger partial charge in [-0.15, -0.1) is 0 Å². The molecule has 2 fully saturated rings. The number of rotatable bonds is 6. The monoisotopic (exact) mass is 471 g/mol. The summed E-state index contributed by atoms with van der Waals surface area (Å²) in [6.07, 6.45) is 8.74. The molecule has 0 spiro atoms. The molecule has 2 aliphatic heterocycles. The van der Waals surface area contributed by atoms with E-state index in [1.165, 1.54) is 6.08 Å². The predicted octanol–water partition coefficient (Wildman–Crippen LogP) is 2.89. The Hall–Kier alpha value is -3.18. The fourth-order valence-electron chi connectivity index (χ4n) is 4.35. The highest BCUT2D eigenvalue weighted by molar-refractivity contribution is 6.35. The molecule has 0 bridgehead atoms. The topological polar surface area (TPSA) is 126 Å². The van der Waals surface area contributed by atoms with Crippen molar-refractivity contribution in [2.75, 3.05) is 36.9 Å². The van der Waals surface area contributed by atoms with Crippen molar-refractivity contribution in [1.82, 2.24) is 34.8 Å². The molecule has 33 heavy (non-hydrogen) atoms. The average Bonchev–Trinajstić information content (AvgIpc) is 3.46. The van der Waals surface area contributed by atoms with Crippen LogP contribution in [0.2, 0.25) is 5.15 Å². The summed E-state index contributed by atoms with van der Waals surface area (Å²) in [6.45, 7) is 6.37. The average molecular weight is 472 g/mol. The molecule has 2 saturated heterocycles. The molecule has 0 saturated carbocycles. The van der Waals surface area contributed by atoms with Crippen molar-refractivity contribution in [2.24, 2.45) is 0 Å². The lowest BCUT2D eigenvalue weighted by atomic mass is 10.1. The van der Waals surface area contributed by atoms with Gasteiger partial charge in [0.1, 0.15) is 11.2 Å². The highest BCUT2D eigenvalue weighted by atomic mass is 35.5. The molecule has 0 radical (unpaired) electrons. The Kier molecular flexibility index (Phi) is 6.14. The molecule has 1 atom stereocenters. The zero-order valence-electron chi connectivity index (χ0n) is 18.1. The van der Waals surface area contributed by atoms with E-state index in [0.717, 1.165) is 51.1 Å². The Morgan fingerprint density at radius 3 is 2.97 bits per heavy atom. The number of nitrogens with zero attached hydrogens (tertiary/aromatic N) is 6. The quantitative estimate of drug-likeness (QED) is 0.468. The third-order valence-electron chi connectivity index (χ3n) is 6.05. The molecule has 12 heteroatoms. The number of hydrogen-bond donors (Lipinski definition) is 3. The van der Waals surface area contributed by atoms with Gasteiger partial charge in [0.25, 0.3) is 0 Å². The number of nitrogens with one attached hydrogen (secondary N) is 3. The van der Waals surface area contributed by atoms with Crippen molar-refractivity contribution in [3.8, 4) is 0 Å². The van der Waals surface area contributed by atoms with Crippen molar-refractivity contribution < 1.29 is 9.53 Å². The van der Waals surface area contributed by atoms with Crippen LogP contribution in [0.3, 0.4) is 0 Å². The van der Waals surface area contributed by atoms with E-state index >= 15 is 0 Å². The number of fused-ring (bicyclic) bond motifs is 1. The summed E-state index contributed by atoms with van der Waals surface area (Å²) in [5, 5.41) is 19.0. The van der Waals surface area contributed by atoms with Crippen molar-refractivity contribution in [3.63, 3.8) is 0 Å². The van der Waals surface area contributed by atoms with E-state index in [1.54, 1.807) is 11.1 Å². The van der Waals surface area contributed by atoms with Gasteiger partial charge in [-0.05, 0) is 31.8 Å². The minimum atomic E-state index is -0.0698. The molecule has 2 aliphatic rings. The van der Waals surface area contributed by atoms with Gasteiger partial charge in [0, 0.05) is 38.5 Å². The number of ether oxygens (including phenoxy) is 1. The molecular formula is C21H26ClN9O2. The van der Waals surface area contributed by atoms with Crippen molar-refractivity contribution >= 4 is 46.0 Å². The second-order valence-electron chi connectivity index (χ2n) is 8.28. The van der Waals surface area contributed by atoms with E-state index in [1.807, 2.05) is 10.9 Å². The molecule has 3 aromatic heterocycles. The summed E-state index contributed by atoms with van der Waals surface area (Å²) in [5.74, 6) is 0.891. The van der Waals surface area contributed by atoms with Gasteiger partial charge in [-0.3, -0.25) is 14.6 Å². The minimum absolute atomic E-state index is 0.0239. The first-order chi connectivity index (χ1) is 16.1. The molecule has 5 heterocycles. The fourth-order valence-corrected chi connectivity index (χ4v) is 4.58. The number of halogens is 1. The Labute approximate surface area is 195 Å². The van der Waals surface area contributed by atoms with E-state index in [4.69, 9.17) is 16.3 Å². The summed E-state index contributed by atoms with van der Waals surface area (Å²) >= 11 is 6.31. The minimum Gasteiger partial charge on any atom is -0.381 e. The largest absolute Gasteiger partial charge is 0.381 e. The van der Waals surface area contributed by atoms with Crippen LogP contribution >= 0.6 is 11.6 Å². The standard InChI is InChI=1S/C21H26ClN9O2/c1-2-16(32)30-7-3-4-13(11-30)24-19-17-18(22)28-29-20(17)27-21(26-19)25-14-10-23-31(12-14)15-5-8-33-9-6-15/h2,10,12-13,15H,1,3-9,11H2,(H3,24,25,26,27,28,29). The summed E-state index contributed by atoms with van der Waals surface area (Å²) < 4.78 is 7.40. The predicted molar refractivity (Wildman–Crippen MR) is 125 cm³/mol. The van der Waals surface area contributed by atoms with Gasteiger partial charge in [0.15, 0.2) is 10.8 Å². The van der Waals surface area contributed by atoms with Gasteiger partial charge in [0.2, 0.25) is 11.9 Å². The molecular weight excluding hydrogens is 446 g/mol. The summed E-state index contributed by atoms with van der Waals surface area (Å²) in [5.41, 5.74) is 1.31. The Balaban J connectivity index is 1.37. The second-order valence-corrected chi connectivity index (χ2v) is 8.64. The first-order valence-corrected chi connectivity index (χ1v) is 11.5. The molecule has 3 N–H and O–H groups in total. The molecule has 11 nitrogen and oxygen atoms in total. The number of amides is 1. The smallest absolute Gasteiger partial charge is 0.246 e. The zero-order valence-corrected chi connectivity index (χ0v) is 18.9. The molecule has 174 valence electrons. The maximum absolute atomic E-state index is 12.1. The van der Waals surface area contributed by atoms with E-state index in [2.05, 4.69) is 42.5 Å². The molecule has 5 rings (SSSR count). The van der Waals surface area contributed by atoms with Crippen LogP contribution in [0.15, 0.2) is 25.0 Å². The van der Waals surface area contributed by atoms with Crippen LogP contribution in [-0.4, -0.2) is 73.1 Å². The number of anilines is 3. The Morgan fingerprint density at radius 1 is 1.30 bits per heavy atom. The number of carbonyl (C=O) groups excluding carboxylic acids is 1. The number of aromatic nitrogens is 6. The van der Waals surface area contributed by atoms with Crippen LogP contribution < -0.4 is 10.6 Å². The van der Waals surface area contributed by atoms with Crippen molar-refractivity contribution in [2.45, 2.75) is 37.8 Å². The molecule has 3 aromatic rings. The fraction of sp³-hybridized carbons (Fsp3) is 0.476. The molecule has 1 unspecified atom stereocenters. The van der Waals surface area contributed by atoms with E-state index in [-0.39, 0.29) is 11.9 Å². The first kappa shape index (κ1) is 21.7. The number of piperidine rings is 1. The normalized spacial score (nSPS) is 19.5. The maximum atomic E-state index is 12.1. The van der Waals surface area contributed by atoms with Crippen LogP contribution in [-0.2, 0) is 9.53 Å². The van der Waals surface area contributed by atoms with Crippen LogP contribution in [0.5, 0.6) is 0 Å². The highest BCUT2D eigenvalue weighted by Gasteiger charge is 2.24. The number of H-pyrrole nitrogens is 1. The van der Waals surface area contributed by atoms with E-state index < -0.39 is 0 Å². The highest BCUT2D eigenvalue weighted by Crippen LogP contribution is 2.30. The number of aromatic amines is 1. The summed E-state index contributed by atoms with van der Waals surface area (Å²) in [7, 11) is 0. The SMILES string of the molecule is C=CC(=O)N1CCCC(Nc2nc(Nc3cnn(C4CCOCC4)c3)nc3[nH]nc(Cl)c23)C1. The summed E-state index contributed by atoms with van der Waals surface area (Å²) in [4.78, 5) is 23.0. The lowest BCUT2D eigenvalue weighted by molar-refractivity contribution is -0.127. The van der Waals surface area contributed by atoms with Gasteiger partial charge in [0.05, 0.1) is 17.9 Å². The third-order valence-corrected chi connectivity index (χ3v) is 6.32. The zero-order chi connectivity index (χ0) is 22.8. The van der Waals surface area contributed by atoms with Gasteiger partial charge in [-0.25, -0.2) is 0 Å². The molecule has 0 aliphatic carbocycles. The van der Waals surface area contributed by atoms with Crippen LogP contribution in [0, 0.1) is 0 Å². The lowest BCUT2D eigenvalue weighted by Crippen LogP contribution is -2.44. The van der Waals surface area contributed by atoms with Crippen LogP contribution in [0.4, 0.5) is 17.5 Å². The Morgan fingerprint density at radius 2 is 2.15 bits per heavy atom. The van der Waals surface area contributed by atoms with Crippen LogP contribution in [0.25, 0.3) is 11.0 Å². The van der Waals surface area contributed by atoms with E-state index in [9.17, 15) is 4.79 Å². The maximum Gasteiger partial charge on any atom is 0.246 e. The van der Waals surface area contributed by atoms with Gasteiger partial charge in [-0.2, -0.15) is 20.2 Å². The van der Waals surface area contributed by atoms with Gasteiger partial charge < -0.3 is 20.3 Å². The number of likely N-dealkylation sites (tertiary alicyclic amines) is 1. The number of carbonyl (C=O) groups is 1. The molecule has 1 amide bonds. The lowest BCUT2D eigenvalue weighted by Gasteiger charge is -2.32. The van der Waals surface area contributed by atoms with Crippen LogP contribution in [0.1, 0.15) is 31.7 Å². The van der Waals surface area contributed by atoms with Gasteiger partial charge in [-0.1, -0.05) is 18.2 Å². The van der Waals surface area contributed by atoms with E-state index in [0.29, 0.717) is 40.5 Å². The first-order valence-electron chi connectivity index (χ1n) is 11.1. The summed E-state index contributed by atoms with van der Waals surface area (Å²) in [6, 6.07) is 0.352. The van der Waals surface area contributed by atoms with Crippen molar-refractivity contribution in [1.29, 1.82) is 0 Å². The number of hydrogen-bond acceptors (Lipinski definition) is 8. The molecule has 0 aromatic carbocycles. The Bertz CT molecular complexity index is 1150. The second kappa shape index (κ2) is 9.36.